The van der Waals surface area contributed by atoms with Gasteiger partial charge in [0.2, 0.25) is 5.28 Å². The molecule has 0 radical (unpaired) electrons. The van der Waals surface area contributed by atoms with Gasteiger partial charge >= 0.3 is 5.97 Å². The number of aromatic carboxylic acids is 1. The molecule has 0 atom stereocenters. The first kappa shape index (κ1) is 15.1. The molecule has 0 aliphatic carbocycles. The molecule has 0 spiro atoms. The van der Waals surface area contributed by atoms with Gasteiger partial charge in [-0.25, -0.2) is 18.6 Å². The third-order valence-corrected chi connectivity index (χ3v) is 2.98. The molecule has 2 N–H and O–H groups in total. The first-order valence-corrected chi connectivity index (χ1v) is 6.21. The van der Waals surface area contributed by atoms with Crippen molar-refractivity contribution in [3.63, 3.8) is 0 Å². The number of nitrogens with one attached hydrogen (secondary N) is 1. The fraction of sp³-hybridized carbons (Fsp3) is 0.154. The predicted octanol–water partition coefficient (Wildman–Crippen LogP) is 3.03. The average Bonchev–Trinajstić information content (AvgIpc) is 2.43. The van der Waals surface area contributed by atoms with Crippen LogP contribution in [0.2, 0.25) is 5.28 Å². The van der Waals surface area contributed by atoms with Crippen molar-refractivity contribution in [3.8, 4) is 0 Å². The van der Waals surface area contributed by atoms with Crippen molar-refractivity contribution in [2.24, 2.45) is 0 Å². The fourth-order valence-electron chi connectivity index (χ4n) is 1.70. The van der Waals surface area contributed by atoms with Gasteiger partial charge in [-0.3, -0.25) is 0 Å². The second kappa shape index (κ2) is 6.01. The summed E-state index contributed by atoms with van der Waals surface area (Å²) < 4.78 is 27.5. The molecule has 0 saturated heterocycles. The molecule has 0 aliphatic heterocycles. The Morgan fingerprint density at radius 2 is 2.14 bits per heavy atom. The quantitative estimate of drug-likeness (QED) is 0.849. The van der Waals surface area contributed by atoms with Crippen LogP contribution in [0.3, 0.4) is 0 Å². The van der Waals surface area contributed by atoms with E-state index >= 15 is 0 Å². The van der Waals surface area contributed by atoms with Crippen LogP contribution in [0.1, 0.15) is 21.5 Å². The third kappa shape index (κ3) is 3.25. The minimum Gasteiger partial charge on any atom is -0.477 e. The van der Waals surface area contributed by atoms with Crippen molar-refractivity contribution in [2.75, 3.05) is 5.32 Å². The normalized spacial score (nSPS) is 10.5. The molecule has 5 nitrogen and oxygen atoms in total. The Hall–Kier alpha value is -2.28. The second-order valence-corrected chi connectivity index (χ2v) is 4.55. The van der Waals surface area contributed by atoms with Crippen molar-refractivity contribution >= 4 is 23.4 Å². The molecule has 1 aromatic heterocycles. The van der Waals surface area contributed by atoms with E-state index < -0.39 is 17.6 Å². The number of aromatic nitrogens is 2. The van der Waals surface area contributed by atoms with Crippen LogP contribution in [0.25, 0.3) is 0 Å². The summed E-state index contributed by atoms with van der Waals surface area (Å²) in [6.45, 7) is 1.23. The zero-order chi connectivity index (χ0) is 15.6. The Bertz CT molecular complexity index is 710. The number of halogens is 3. The van der Waals surface area contributed by atoms with E-state index in [-0.39, 0.29) is 34.3 Å². The van der Waals surface area contributed by atoms with Crippen molar-refractivity contribution in [3.05, 3.63) is 51.9 Å². The van der Waals surface area contributed by atoms with E-state index in [2.05, 4.69) is 15.3 Å². The van der Waals surface area contributed by atoms with Gasteiger partial charge in [0, 0.05) is 18.3 Å². The van der Waals surface area contributed by atoms with Crippen LogP contribution in [0.4, 0.5) is 14.6 Å². The van der Waals surface area contributed by atoms with E-state index in [0.717, 1.165) is 12.3 Å². The Morgan fingerprint density at radius 1 is 1.43 bits per heavy atom. The predicted molar refractivity (Wildman–Crippen MR) is 72.4 cm³/mol. The lowest BCUT2D eigenvalue weighted by molar-refractivity contribution is 0.0697. The van der Waals surface area contributed by atoms with Crippen LogP contribution in [0.15, 0.2) is 18.3 Å². The molecule has 2 aromatic rings. The molecule has 0 amide bonds. The van der Waals surface area contributed by atoms with Gasteiger partial charge in [-0.05, 0) is 30.2 Å². The standard InChI is InChI=1S/C13H10ClF2N3O2/c1-6-2-3-9(15)7(10(6)16)4-17-11-8(12(20)21)5-18-13(14)19-11/h2-3,5H,4H2,1H3,(H,20,21)(H,17,18,19). The maximum atomic E-state index is 13.8. The number of rotatable bonds is 4. The van der Waals surface area contributed by atoms with Crippen molar-refractivity contribution in [1.29, 1.82) is 0 Å². The lowest BCUT2D eigenvalue weighted by atomic mass is 10.1. The first-order chi connectivity index (χ1) is 9.90. The van der Waals surface area contributed by atoms with E-state index in [9.17, 15) is 13.6 Å². The number of carbonyl (C=O) groups is 1. The van der Waals surface area contributed by atoms with E-state index in [1.54, 1.807) is 0 Å². The number of hydrogen-bond donors (Lipinski definition) is 2. The number of aryl methyl sites for hydroxylation is 1. The van der Waals surface area contributed by atoms with Gasteiger partial charge in [-0.1, -0.05) is 6.07 Å². The largest absolute Gasteiger partial charge is 0.477 e. The fourth-order valence-corrected chi connectivity index (χ4v) is 1.83. The second-order valence-electron chi connectivity index (χ2n) is 4.22. The summed E-state index contributed by atoms with van der Waals surface area (Å²) in [5.74, 6) is -2.82. The molecule has 0 bridgehead atoms. The minimum atomic E-state index is -1.28. The van der Waals surface area contributed by atoms with Gasteiger partial charge in [0.05, 0.1) is 0 Å². The van der Waals surface area contributed by atoms with Crippen molar-refractivity contribution in [1.82, 2.24) is 9.97 Å². The molecule has 0 unspecified atom stereocenters. The average molecular weight is 314 g/mol. The zero-order valence-corrected chi connectivity index (χ0v) is 11.6. The number of carboxylic acid groups (broad SMARTS) is 1. The summed E-state index contributed by atoms with van der Waals surface area (Å²) in [6, 6.07) is 2.46. The molecular weight excluding hydrogens is 304 g/mol. The van der Waals surface area contributed by atoms with Crippen molar-refractivity contribution < 1.29 is 18.7 Å². The topological polar surface area (TPSA) is 75.1 Å². The van der Waals surface area contributed by atoms with E-state index in [1.165, 1.54) is 13.0 Å². The molecule has 1 heterocycles. The number of anilines is 1. The van der Waals surface area contributed by atoms with Crippen LogP contribution in [-0.2, 0) is 6.54 Å². The van der Waals surface area contributed by atoms with Crippen LogP contribution in [0, 0.1) is 18.6 Å². The molecule has 21 heavy (non-hydrogen) atoms. The van der Waals surface area contributed by atoms with Crippen LogP contribution in [-0.4, -0.2) is 21.0 Å². The SMILES string of the molecule is Cc1ccc(F)c(CNc2nc(Cl)ncc2C(=O)O)c1F. The van der Waals surface area contributed by atoms with Gasteiger partial charge < -0.3 is 10.4 Å². The maximum Gasteiger partial charge on any atom is 0.341 e. The van der Waals surface area contributed by atoms with Gasteiger partial charge in [0.15, 0.2) is 0 Å². The van der Waals surface area contributed by atoms with Gasteiger partial charge in [-0.2, -0.15) is 4.98 Å². The summed E-state index contributed by atoms with van der Waals surface area (Å²) >= 11 is 5.59. The highest BCUT2D eigenvalue weighted by atomic mass is 35.5. The van der Waals surface area contributed by atoms with Gasteiger partial charge in [-0.15, -0.1) is 0 Å². The zero-order valence-electron chi connectivity index (χ0n) is 10.8. The summed E-state index contributed by atoms with van der Waals surface area (Å²) in [5.41, 5.74) is -0.165. The van der Waals surface area contributed by atoms with Gasteiger partial charge in [0.1, 0.15) is 23.0 Å². The van der Waals surface area contributed by atoms with Crippen LogP contribution in [0.5, 0.6) is 0 Å². The summed E-state index contributed by atoms with van der Waals surface area (Å²) in [7, 11) is 0. The number of carboxylic acids is 1. The van der Waals surface area contributed by atoms with E-state index in [0.29, 0.717) is 0 Å². The third-order valence-electron chi connectivity index (χ3n) is 2.80. The van der Waals surface area contributed by atoms with Gasteiger partial charge in [0.25, 0.3) is 0 Å². The number of benzene rings is 1. The minimum absolute atomic E-state index is 0.109. The molecule has 1 aromatic carbocycles. The molecule has 2 rings (SSSR count). The first-order valence-electron chi connectivity index (χ1n) is 5.83. The molecular formula is C13H10ClF2N3O2. The summed E-state index contributed by atoms with van der Waals surface area (Å²) in [6.07, 6.45) is 1.02. The Labute approximate surface area is 123 Å². The number of nitrogens with zero attached hydrogens (tertiary/aromatic N) is 2. The molecule has 0 aliphatic rings. The maximum absolute atomic E-state index is 13.8. The Kier molecular flexibility index (Phi) is 4.32. The van der Waals surface area contributed by atoms with Crippen molar-refractivity contribution in [2.45, 2.75) is 13.5 Å². The number of hydrogen-bond acceptors (Lipinski definition) is 4. The smallest absolute Gasteiger partial charge is 0.341 e. The Morgan fingerprint density at radius 3 is 2.81 bits per heavy atom. The molecule has 0 fully saturated rings. The molecule has 110 valence electrons. The Balaban J connectivity index is 2.31. The highest BCUT2D eigenvalue weighted by molar-refractivity contribution is 6.28. The lowest BCUT2D eigenvalue weighted by Crippen LogP contribution is -2.11. The highest BCUT2D eigenvalue weighted by Gasteiger charge is 2.16. The summed E-state index contributed by atoms with van der Waals surface area (Å²) in [4.78, 5) is 18.3. The van der Waals surface area contributed by atoms with E-state index in [1.807, 2.05) is 0 Å². The summed E-state index contributed by atoms with van der Waals surface area (Å²) in [5, 5.41) is 11.4. The van der Waals surface area contributed by atoms with Crippen LogP contribution >= 0.6 is 11.6 Å². The lowest BCUT2D eigenvalue weighted by Gasteiger charge is -2.11. The molecule has 0 saturated carbocycles. The van der Waals surface area contributed by atoms with E-state index in [4.69, 9.17) is 16.7 Å². The monoisotopic (exact) mass is 313 g/mol. The highest BCUT2D eigenvalue weighted by Crippen LogP contribution is 2.19. The van der Waals surface area contributed by atoms with Crippen LogP contribution < -0.4 is 5.32 Å². The molecule has 8 heteroatoms.